The molecule has 7 heteroatoms. The van der Waals surface area contributed by atoms with E-state index in [2.05, 4.69) is 16.4 Å². The van der Waals surface area contributed by atoms with Crippen LogP contribution in [0.4, 0.5) is 5.69 Å². The highest BCUT2D eigenvalue weighted by Gasteiger charge is 2.58. The molecule has 2 aliphatic heterocycles. The van der Waals surface area contributed by atoms with E-state index >= 15 is 0 Å². The van der Waals surface area contributed by atoms with Crippen molar-refractivity contribution in [1.29, 1.82) is 5.26 Å². The first-order valence-electron chi connectivity index (χ1n) is 10.7. The number of amides is 2. The minimum absolute atomic E-state index is 0.0983. The standard InChI is InChI=1S/C26H18N4O3/c27-12-15-13-30(14-26(15)19-9-2-4-11-21(19)29-25(26)33)24(32)18-8-5-7-17-22(18)28-20-10-3-1-6-16(20)23(17)31/h1-11,15H,13-14H2,(H,28,31)(H,29,33). The van der Waals surface area contributed by atoms with Crippen molar-refractivity contribution in [2.75, 3.05) is 18.4 Å². The highest BCUT2D eigenvalue weighted by molar-refractivity contribution is 6.10. The molecule has 6 rings (SSSR count). The number of nitrogens with one attached hydrogen (secondary N) is 2. The zero-order valence-electron chi connectivity index (χ0n) is 17.5. The minimum Gasteiger partial charge on any atom is -0.354 e. The van der Waals surface area contributed by atoms with Crippen molar-refractivity contribution in [1.82, 2.24) is 9.88 Å². The van der Waals surface area contributed by atoms with Gasteiger partial charge >= 0.3 is 0 Å². The Morgan fingerprint density at radius 3 is 2.61 bits per heavy atom. The maximum atomic E-state index is 13.7. The van der Waals surface area contributed by atoms with Crippen LogP contribution in [-0.2, 0) is 10.2 Å². The van der Waals surface area contributed by atoms with E-state index < -0.39 is 11.3 Å². The Morgan fingerprint density at radius 2 is 1.76 bits per heavy atom. The van der Waals surface area contributed by atoms with E-state index in [1.807, 2.05) is 24.3 Å². The number of hydrogen-bond acceptors (Lipinski definition) is 4. The lowest BCUT2D eigenvalue weighted by molar-refractivity contribution is -0.121. The van der Waals surface area contributed by atoms with Crippen molar-refractivity contribution in [3.05, 3.63) is 88.1 Å². The number of anilines is 1. The van der Waals surface area contributed by atoms with E-state index in [1.165, 1.54) is 0 Å². The number of fused-ring (bicyclic) bond motifs is 4. The molecule has 33 heavy (non-hydrogen) atoms. The largest absolute Gasteiger partial charge is 0.354 e. The van der Waals surface area contributed by atoms with Crippen molar-refractivity contribution < 1.29 is 9.59 Å². The molecule has 0 aliphatic carbocycles. The van der Waals surface area contributed by atoms with Crippen molar-refractivity contribution in [2.45, 2.75) is 5.41 Å². The fourth-order valence-electron chi connectivity index (χ4n) is 5.29. The van der Waals surface area contributed by atoms with Gasteiger partial charge in [-0.15, -0.1) is 0 Å². The van der Waals surface area contributed by atoms with Crippen molar-refractivity contribution >= 4 is 39.3 Å². The number of H-pyrrole nitrogens is 1. The molecule has 4 aromatic rings. The quantitative estimate of drug-likeness (QED) is 0.449. The number of hydrogen-bond donors (Lipinski definition) is 2. The monoisotopic (exact) mass is 434 g/mol. The number of pyridine rings is 1. The van der Waals surface area contributed by atoms with E-state index in [9.17, 15) is 19.6 Å². The third-order valence-electron chi connectivity index (χ3n) is 6.91. The molecule has 2 N–H and O–H groups in total. The van der Waals surface area contributed by atoms with Gasteiger partial charge in [0.15, 0.2) is 5.43 Å². The van der Waals surface area contributed by atoms with Gasteiger partial charge in [0.05, 0.1) is 23.1 Å². The maximum Gasteiger partial charge on any atom is 0.256 e. The second-order valence-electron chi connectivity index (χ2n) is 8.57. The van der Waals surface area contributed by atoms with Crippen molar-refractivity contribution in [3.8, 4) is 6.07 Å². The Morgan fingerprint density at radius 1 is 1.00 bits per heavy atom. The third-order valence-corrected chi connectivity index (χ3v) is 6.91. The molecule has 3 heterocycles. The highest BCUT2D eigenvalue weighted by atomic mass is 16.2. The van der Waals surface area contributed by atoms with Crippen LogP contribution < -0.4 is 10.7 Å². The lowest BCUT2D eigenvalue weighted by Gasteiger charge is -2.24. The SMILES string of the molecule is N#CC1CN(C(=O)c2cccc3c(=O)c4ccccc4[nH]c23)CC12C(=O)Nc1ccccc12. The predicted octanol–water partition coefficient (Wildman–Crippen LogP) is 3.17. The lowest BCUT2D eigenvalue weighted by Crippen LogP contribution is -2.42. The van der Waals surface area contributed by atoms with Crippen LogP contribution in [0.2, 0.25) is 0 Å². The molecular weight excluding hydrogens is 416 g/mol. The van der Waals surface area contributed by atoms with Crippen LogP contribution in [0.5, 0.6) is 0 Å². The minimum atomic E-state index is -1.11. The number of nitrogens with zero attached hydrogens (tertiary/aromatic N) is 2. The second-order valence-corrected chi connectivity index (χ2v) is 8.57. The fraction of sp³-hybridized carbons (Fsp3) is 0.154. The van der Waals surface area contributed by atoms with Gasteiger partial charge in [-0.25, -0.2) is 0 Å². The Labute approximate surface area is 188 Å². The molecule has 0 radical (unpaired) electrons. The number of likely N-dealkylation sites (tertiary alicyclic amines) is 1. The van der Waals surface area contributed by atoms with Crippen molar-refractivity contribution in [3.63, 3.8) is 0 Å². The summed E-state index contributed by atoms with van der Waals surface area (Å²) in [5, 5.41) is 13.8. The van der Waals surface area contributed by atoms with Crippen LogP contribution >= 0.6 is 0 Å². The van der Waals surface area contributed by atoms with E-state index in [1.54, 1.807) is 47.4 Å². The Balaban J connectivity index is 1.47. The highest BCUT2D eigenvalue weighted by Crippen LogP contribution is 2.47. The van der Waals surface area contributed by atoms with Gasteiger partial charge in [-0.2, -0.15) is 5.26 Å². The van der Waals surface area contributed by atoms with Gasteiger partial charge in [0.2, 0.25) is 5.91 Å². The second kappa shape index (κ2) is 6.78. The average Bonchev–Trinajstić information content (AvgIpc) is 3.37. The lowest BCUT2D eigenvalue weighted by atomic mass is 9.74. The van der Waals surface area contributed by atoms with E-state index in [4.69, 9.17) is 0 Å². The number of aromatic amines is 1. The van der Waals surface area contributed by atoms with Crippen LogP contribution in [0.25, 0.3) is 21.8 Å². The number of benzene rings is 3. The van der Waals surface area contributed by atoms with Gasteiger partial charge in [0, 0.05) is 35.1 Å². The molecule has 2 amide bonds. The number of carbonyl (C=O) groups is 2. The number of carbonyl (C=O) groups excluding carboxylic acids is 2. The first-order chi connectivity index (χ1) is 16.0. The van der Waals surface area contributed by atoms with E-state index in [-0.39, 0.29) is 30.3 Å². The molecule has 7 nitrogen and oxygen atoms in total. The molecular formula is C26H18N4O3. The molecule has 2 atom stereocenters. The molecule has 0 bridgehead atoms. The molecule has 1 saturated heterocycles. The first kappa shape index (κ1) is 19.3. The summed E-state index contributed by atoms with van der Waals surface area (Å²) in [6, 6.07) is 21.8. The third kappa shape index (κ3) is 2.52. The molecule has 2 unspecified atom stereocenters. The average molecular weight is 434 g/mol. The molecule has 0 saturated carbocycles. The van der Waals surface area contributed by atoms with Crippen LogP contribution in [0, 0.1) is 17.2 Å². The molecule has 1 aromatic heterocycles. The predicted molar refractivity (Wildman–Crippen MR) is 124 cm³/mol. The van der Waals surface area contributed by atoms with E-state index in [0.717, 1.165) is 5.56 Å². The Hall–Kier alpha value is -4.44. The maximum absolute atomic E-state index is 13.7. The topological polar surface area (TPSA) is 106 Å². The van der Waals surface area contributed by atoms with Gasteiger partial charge in [0.25, 0.3) is 5.91 Å². The normalized spacial score (nSPS) is 21.4. The summed E-state index contributed by atoms with van der Waals surface area (Å²) in [5.41, 5.74) is 1.61. The van der Waals surface area contributed by atoms with E-state index in [0.29, 0.717) is 33.1 Å². The van der Waals surface area contributed by atoms with Gasteiger partial charge in [-0.1, -0.05) is 36.4 Å². The molecule has 2 aliphatic rings. The summed E-state index contributed by atoms with van der Waals surface area (Å²) >= 11 is 0. The van der Waals surface area contributed by atoms with Gasteiger partial charge < -0.3 is 15.2 Å². The molecule has 1 fully saturated rings. The first-order valence-corrected chi connectivity index (χ1v) is 10.7. The Bertz CT molecular complexity index is 1600. The summed E-state index contributed by atoms with van der Waals surface area (Å²) < 4.78 is 0. The van der Waals surface area contributed by atoms with Gasteiger partial charge in [0.1, 0.15) is 5.41 Å². The van der Waals surface area contributed by atoms with Crippen molar-refractivity contribution in [2.24, 2.45) is 5.92 Å². The summed E-state index contributed by atoms with van der Waals surface area (Å²) in [4.78, 5) is 44.6. The molecule has 160 valence electrons. The van der Waals surface area contributed by atoms with Crippen LogP contribution in [0.3, 0.4) is 0 Å². The summed E-state index contributed by atoms with van der Waals surface area (Å²) in [6.45, 7) is 0.229. The van der Waals surface area contributed by atoms with Crippen LogP contribution in [0.1, 0.15) is 15.9 Å². The molecule has 1 spiro atoms. The number of aromatic nitrogens is 1. The zero-order chi connectivity index (χ0) is 22.7. The number of para-hydroxylation sites is 3. The summed E-state index contributed by atoms with van der Waals surface area (Å²) in [5.74, 6) is -1.26. The smallest absolute Gasteiger partial charge is 0.256 e. The fourth-order valence-corrected chi connectivity index (χ4v) is 5.29. The molecule has 3 aromatic carbocycles. The van der Waals surface area contributed by atoms with Gasteiger partial charge in [-0.3, -0.25) is 14.4 Å². The summed E-state index contributed by atoms with van der Waals surface area (Å²) in [7, 11) is 0. The Kier molecular flexibility index (Phi) is 3.96. The number of rotatable bonds is 1. The van der Waals surface area contributed by atoms with Crippen LogP contribution in [0.15, 0.2) is 71.5 Å². The summed E-state index contributed by atoms with van der Waals surface area (Å²) in [6.07, 6.45) is 0. The zero-order valence-corrected chi connectivity index (χ0v) is 17.5. The number of nitriles is 1. The van der Waals surface area contributed by atoms with Gasteiger partial charge in [-0.05, 0) is 35.9 Å². The van der Waals surface area contributed by atoms with Crippen LogP contribution in [-0.4, -0.2) is 34.8 Å².